The van der Waals surface area contributed by atoms with Gasteiger partial charge in [0, 0.05) is 24.5 Å². The van der Waals surface area contributed by atoms with Gasteiger partial charge in [0.2, 0.25) is 0 Å². The van der Waals surface area contributed by atoms with Crippen molar-refractivity contribution in [2.24, 2.45) is 0 Å². The van der Waals surface area contributed by atoms with Gasteiger partial charge in [0.15, 0.2) is 0 Å². The largest absolute Gasteiger partial charge is 0.481 e. The molecule has 3 nitrogen and oxygen atoms in total. The van der Waals surface area contributed by atoms with Crippen LogP contribution >= 0.6 is 0 Å². The molecule has 1 N–H and O–H groups in total. The summed E-state index contributed by atoms with van der Waals surface area (Å²) in [5.74, 6) is -0.709. The van der Waals surface area contributed by atoms with Gasteiger partial charge in [-0.3, -0.25) is 4.79 Å². The van der Waals surface area contributed by atoms with Gasteiger partial charge in [0.05, 0.1) is 5.52 Å². The fourth-order valence-corrected chi connectivity index (χ4v) is 2.50. The fourth-order valence-electron chi connectivity index (χ4n) is 2.50. The Morgan fingerprint density at radius 1 is 1.28 bits per heavy atom. The fraction of sp³-hybridized carbons (Fsp3) is 0.400. The number of carboxylic acid groups (broad SMARTS) is 1. The lowest BCUT2D eigenvalue weighted by Gasteiger charge is -2.08. The average Bonchev–Trinajstić information content (AvgIpc) is 2.67. The third-order valence-electron chi connectivity index (χ3n) is 3.24. The van der Waals surface area contributed by atoms with E-state index in [0.717, 1.165) is 19.4 Å². The molecule has 0 fully saturated rings. The van der Waals surface area contributed by atoms with Crippen molar-refractivity contribution in [3.05, 3.63) is 35.5 Å². The van der Waals surface area contributed by atoms with E-state index < -0.39 is 5.97 Å². The number of unbranched alkanes of at least 4 members (excludes halogenated alkanes) is 1. The minimum absolute atomic E-state index is 0.261. The van der Waals surface area contributed by atoms with Crippen LogP contribution in [0.25, 0.3) is 10.9 Å². The number of aromatic nitrogens is 1. The first kappa shape index (κ1) is 12.7. The maximum absolute atomic E-state index is 10.5. The van der Waals surface area contributed by atoms with Gasteiger partial charge in [-0.25, -0.2) is 0 Å². The number of fused-ring (bicyclic) bond motifs is 1. The zero-order valence-electron chi connectivity index (χ0n) is 10.9. The smallest absolute Gasteiger partial charge is 0.303 e. The summed E-state index contributed by atoms with van der Waals surface area (Å²) < 4.78 is 2.23. The second-order valence-corrected chi connectivity index (χ2v) is 4.88. The Balaban J connectivity index is 2.12. The second-order valence-electron chi connectivity index (χ2n) is 4.88. The molecule has 96 valence electrons. The predicted molar refractivity (Wildman–Crippen MR) is 72.9 cm³/mol. The SMILES string of the molecule is Cc1cc(C)c2c(ccn2CCCCC(=O)O)c1. The minimum Gasteiger partial charge on any atom is -0.481 e. The molecule has 1 heterocycles. The molecule has 2 rings (SSSR count). The van der Waals surface area contributed by atoms with Crippen molar-refractivity contribution >= 4 is 16.9 Å². The summed E-state index contributed by atoms with van der Waals surface area (Å²) in [7, 11) is 0. The molecular formula is C15H19NO2. The van der Waals surface area contributed by atoms with Crippen LogP contribution in [0, 0.1) is 13.8 Å². The molecule has 0 unspecified atom stereocenters. The van der Waals surface area contributed by atoms with E-state index in [0.29, 0.717) is 0 Å². The van der Waals surface area contributed by atoms with Crippen molar-refractivity contribution in [2.45, 2.75) is 39.7 Å². The van der Waals surface area contributed by atoms with E-state index in [9.17, 15) is 4.79 Å². The van der Waals surface area contributed by atoms with E-state index >= 15 is 0 Å². The molecule has 0 spiro atoms. The highest BCUT2D eigenvalue weighted by molar-refractivity contribution is 5.84. The third kappa shape index (κ3) is 2.73. The number of carboxylic acids is 1. The van der Waals surface area contributed by atoms with Gasteiger partial charge >= 0.3 is 5.97 Å². The van der Waals surface area contributed by atoms with Crippen LogP contribution in [0.1, 0.15) is 30.4 Å². The molecule has 0 saturated carbocycles. The first-order valence-electron chi connectivity index (χ1n) is 6.36. The number of benzene rings is 1. The van der Waals surface area contributed by atoms with E-state index in [1.54, 1.807) is 0 Å². The number of hydrogen-bond acceptors (Lipinski definition) is 1. The molecule has 0 atom stereocenters. The Labute approximate surface area is 107 Å². The van der Waals surface area contributed by atoms with Crippen LogP contribution in [0.4, 0.5) is 0 Å². The normalized spacial score (nSPS) is 11.0. The van der Waals surface area contributed by atoms with Crippen LogP contribution in [-0.4, -0.2) is 15.6 Å². The van der Waals surface area contributed by atoms with Crippen LogP contribution in [0.5, 0.6) is 0 Å². The Morgan fingerprint density at radius 2 is 2.06 bits per heavy atom. The van der Waals surface area contributed by atoms with Crippen molar-refractivity contribution in [3.63, 3.8) is 0 Å². The number of aliphatic carboxylic acids is 1. The van der Waals surface area contributed by atoms with Crippen molar-refractivity contribution < 1.29 is 9.90 Å². The Morgan fingerprint density at radius 3 is 2.78 bits per heavy atom. The number of rotatable bonds is 5. The minimum atomic E-state index is -0.709. The van der Waals surface area contributed by atoms with Crippen molar-refractivity contribution in [1.82, 2.24) is 4.57 Å². The quantitative estimate of drug-likeness (QED) is 0.819. The van der Waals surface area contributed by atoms with E-state index in [-0.39, 0.29) is 6.42 Å². The molecule has 0 amide bonds. The maximum atomic E-state index is 10.5. The molecule has 1 aromatic heterocycles. The summed E-state index contributed by atoms with van der Waals surface area (Å²) >= 11 is 0. The summed E-state index contributed by atoms with van der Waals surface area (Å²) in [4.78, 5) is 10.5. The van der Waals surface area contributed by atoms with Gasteiger partial charge in [-0.1, -0.05) is 11.6 Å². The van der Waals surface area contributed by atoms with E-state index in [1.165, 1.54) is 22.0 Å². The third-order valence-corrected chi connectivity index (χ3v) is 3.24. The Bertz CT molecular complexity index is 569. The van der Waals surface area contributed by atoms with Gasteiger partial charge < -0.3 is 9.67 Å². The molecule has 0 radical (unpaired) electrons. The lowest BCUT2D eigenvalue weighted by atomic mass is 10.1. The highest BCUT2D eigenvalue weighted by Gasteiger charge is 2.05. The average molecular weight is 245 g/mol. The summed E-state index contributed by atoms with van der Waals surface area (Å²) in [5.41, 5.74) is 3.84. The highest BCUT2D eigenvalue weighted by Crippen LogP contribution is 2.22. The van der Waals surface area contributed by atoms with Gasteiger partial charge in [-0.2, -0.15) is 0 Å². The Hall–Kier alpha value is -1.77. The zero-order valence-corrected chi connectivity index (χ0v) is 10.9. The molecule has 3 heteroatoms. The van der Waals surface area contributed by atoms with Crippen molar-refractivity contribution in [3.8, 4) is 0 Å². The van der Waals surface area contributed by atoms with Crippen LogP contribution < -0.4 is 0 Å². The van der Waals surface area contributed by atoms with Crippen LogP contribution in [0.3, 0.4) is 0 Å². The number of carbonyl (C=O) groups is 1. The maximum Gasteiger partial charge on any atom is 0.303 e. The van der Waals surface area contributed by atoms with E-state index in [1.807, 2.05) is 0 Å². The first-order chi connectivity index (χ1) is 8.58. The molecule has 1 aromatic carbocycles. The first-order valence-corrected chi connectivity index (χ1v) is 6.36. The molecule has 0 saturated heterocycles. The monoisotopic (exact) mass is 245 g/mol. The number of aryl methyl sites for hydroxylation is 3. The summed E-state index contributed by atoms with van der Waals surface area (Å²) in [6.07, 6.45) is 4.00. The van der Waals surface area contributed by atoms with Crippen LogP contribution in [0.15, 0.2) is 24.4 Å². The van der Waals surface area contributed by atoms with E-state index in [4.69, 9.17) is 5.11 Å². The van der Waals surface area contributed by atoms with Gasteiger partial charge in [0.25, 0.3) is 0 Å². The van der Waals surface area contributed by atoms with Gasteiger partial charge in [-0.15, -0.1) is 0 Å². The molecule has 0 aliphatic rings. The Kier molecular flexibility index (Phi) is 3.70. The summed E-state index contributed by atoms with van der Waals surface area (Å²) in [6.45, 7) is 5.13. The van der Waals surface area contributed by atoms with E-state index in [2.05, 4.69) is 42.8 Å². The molecule has 0 aliphatic carbocycles. The second kappa shape index (κ2) is 5.25. The summed E-state index contributed by atoms with van der Waals surface area (Å²) in [6, 6.07) is 6.51. The number of nitrogens with zero attached hydrogens (tertiary/aromatic N) is 1. The van der Waals surface area contributed by atoms with Crippen LogP contribution in [-0.2, 0) is 11.3 Å². The number of hydrogen-bond donors (Lipinski definition) is 1. The molecule has 2 aromatic rings. The van der Waals surface area contributed by atoms with Crippen molar-refractivity contribution in [1.29, 1.82) is 0 Å². The lowest BCUT2D eigenvalue weighted by Crippen LogP contribution is -2.00. The lowest BCUT2D eigenvalue weighted by molar-refractivity contribution is -0.137. The van der Waals surface area contributed by atoms with Crippen molar-refractivity contribution in [2.75, 3.05) is 0 Å². The molecule has 18 heavy (non-hydrogen) atoms. The summed E-state index contributed by atoms with van der Waals surface area (Å²) in [5, 5.41) is 9.88. The molecular weight excluding hydrogens is 226 g/mol. The van der Waals surface area contributed by atoms with Gasteiger partial charge in [-0.05, 0) is 44.4 Å². The zero-order chi connectivity index (χ0) is 13.1. The van der Waals surface area contributed by atoms with Crippen LogP contribution in [0.2, 0.25) is 0 Å². The topological polar surface area (TPSA) is 42.2 Å². The molecule has 0 bridgehead atoms. The predicted octanol–water partition coefficient (Wildman–Crippen LogP) is 3.51. The highest BCUT2D eigenvalue weighted by atomic mass is 16.4. The molecule has 0 aliphatic heterocycles. The standard InChI is InChI=1S/C15H19NO2/c1-11-9-12(2)15-13(10-11)6-8-16(15)7-4-3-5-14(17)18/h6,8-10H,3-5,7H2,1-2H3,(H,17,18). The van der Waals surface area contributed by atoms with Gasteiger partial charge in [0.1, 0.15) is 0 Å².